The molecule has 2 N–H and O–H groups in total. The van der Waals surface area contributed by atoms with E-state index < -0.39 is 0 Å². The summed E-state index contributed by atoms with van der Waals surface area (Å²) in [6, 6.07) is 26.2. The third-order valence-corrected chi connectivity index (χ3v) is 7.15. The van der Waals surface area contributed by atoms with Gasteiger partial charge in [-0.15, -0.1) is 0 Å². The summed E-state index contributed by atoms with van der Waals surface area (Å²) < 4.78 is 2.08. The van der Waals surface area contributed by atoms with Gasteiger partial charge in [-0.2, -0.15) is 0 Å². The van der Waals surface area contributed by atoms with Crippen molar-refractivity contribution in [3.63, 3.8) is 0 Å². The first-order valence-electron chi connectivity index (χ1n) is 12.7. The van der Waals surface area contributed by atoms with Crippen molar-refractivity contribution in [2.75, 3.05) is 0 Å². The molecule has 1 saturated carbocycles. The summed E-state index contributed by atoms with van der Waals surface area (Å²) >= 11 is 0. The molecule has 6 rings (SSSR count). The molecule has 0 bridgehead atoms. The Hall–Kier alpha value is -4.29. The van der Waals surface area contributed by atoms with Gasteiger partial charge in [-0.05, 0) is 73.2 Å². The first-order valence-corrected chi connectivity index (χ1v) is 12.7. The van der Waals surface area contributed by atoms with Crippen LogP contribution in [0.4, 0.5) is 0 Å². The maximum atomic E-state index is 12.7. The molecule has 3 heterocycles. The summed E-state index contributed by atoms with van der Waals surface area (Å²) in [6.07, 6.45) is 8.67. The van der Waals surface area contributed by atoms with Crippen LogP contribution in [0.15, 0.2) is 97.5 Å². The number of carbonyl (C=O) groups is 1. The van der Waals surface area contributed by atoms with Crippen molar-refractivity contribution in [3.05, 3.63) is 103 Å². The van der Waals surface area contributed by atoms with Crippen molar-refractivity contribution >= 4 is 11.6 Å². The summed E-state index contributed by atoms with van der Waals surface area (Å²) in [4.78, 5) is 21.9. The highest BCUT2D eigenvalue weighted by atomic mass is 16.3. The van der Waals surface area contributed by atoms with Crippen molar-refractivity contribution < 1.29 is 9.90 Å². The van der Waals surface area contributed by atoms with Crippen LogP contribution in [0.2, 0.25) is 0 Å². The van der Waals surface area contributed by atoms with Gasteiger partial charge in [0.25, 0.3) is 5.91 Å². The van der Waals surface area contributed by atoms with Crippen molar-refractivity contribution in [1.82, 2.24) is 19.7 Å². The second kappa shape index (κ2) is 9.99. The number of nitrogens with one attached hydrogen (secondary N) is 1. The van der Waals surface area contributed by atoms with Crippen LogP contribution < -0.4 is 5.32 Å². The van der Waals surface area contributed by atoms with E-state index in [9.17, 15) is 9.90 Å². The van der Waals surface area contributed by atoms with Crippen molar-refractivity contribution in [1.29, 1.82) is 0 Å². The van der Waals surface area contributed by atoms with Gasteiger partial charge in [0, 0.05) is 35.1 Å². The molecule has 37 heavy (non-hydrogen) atoms. The van der Waals surface area contributed by atoms with Gasteiger partial charge in [-0.3, -0.25) is 14.2 Å². The van der Waals surface area contributed by atoms with Gasteiger partial charge in [0.05, 0.1) is 23.7 Å². The van der Waals surface area contributed by atoms with Crippen LogP contribution in [0, 0.1) is 0 Å². The minimum atomic E-state index is -0.229. The molecule has 1 aliphatic carbocycles. The fraction of sp³-hybridized carbons (Fsp3) is 0.194. The fourth-order valence-electron chi connectivity index (χ4n) is 5.03. The second-order valence-corrected chi connectivity index (χ2v) is 9.64. The van der Waals surface area contributed by atoms with Crippen LogP contribution in [0.25, 0.3) is 39.3 Å². The number of aliphatic hydroxyl groups excluding tert-OH is 1. The monoisotopic (exact) mass is 488 g/mol. The number of rotatable bonds is 5. The second-order valence-electron chi connectivity index (χ2n) is 9.64. The number of hydrogen-bond acceptors (Lipinski definition) is 4. The molecule has 0 radical (unpaired) electrons. The molecule has 6 nitrogen and oxygen atoms in total. The molecule has 0 saturated heterocycles. The number of benzene rings is 2. The van der Waals surface area contributed by atoms with E-state index in [2.05, 4.69) is 50.0 Å². The van der Waals surface area contributed by atoms with Crippen LogP contribution in [0.3, 0.4) is 0 Å². The highest BCUT2D eigenvalue weighted by Gasteiger charge is 2.21. The van der Waals surface area contributed by atoms with Crippen LogP contribution in [-0.2, 0) is 0 Å². The Kier molecular flexibility index (Phi) is 6.25. The first kappa shape index (κ1) is 23.1. The van der Waals surface area contributed by atoms with Gasteiger partial charge in [0.2, 0.25) is 0 Å². The molecule has 5 aromatic rings. The van der Waals surface area contributed by atoms with Crippen LogP contribution >= 0.6 is 0 Å². The zero-order chi connectivity index (χ0) is 25.2. The van der Waals surface area contributed by atoms with Gasteiger partial charge in [-0.25, -0.2) is 4.98 Å². The van der Waals surface area contributed by atoms with Crippen LogP contribution in [0.1, 0.15) is 36.0 Å². The zero-order valence-electron chi connectivity index (χ0n) is 20.4. The Morgan fingerprint density at radius 3 is 2.38 bits per heavy atom. The summed E-state index contributed by atoms with van der Waals surface area (Å²) in [5.41, 5.74) is 7.63. The molecule has 184 valence electrons. The Bertz CT molecular complexity index is 1540. The minimum Gasteiger partial charge on any atom is -0.393 e. The molecule has 0 atom stereocenters. The highest BCUT2D eigenvalue weighted by Crippen LogP contribution is 2.28. The molecule has 6 heteroatoms. The Labute approximate surface area is 215 Å². The number of hydrogen-bond donors (Lipinski definition) is 2. The first-order chi connectivity index (χ1) is 18.1. The lowest BCUT2D eigenvalue weighted by atomic mass is 9.93. The molecule has 1 fully saturated rings. The molecule has 1 amide bonds. The Morgan fingerprint density at radius 2 is 1.59 bits per heavy atom. The molecule has 2 aromatic carbocycles. The molecular formula is C31H28N4O2. The average Bonchev–Trinajstić information content (AvgIpc) is 3.38. The number of pyridine rings is 2. The number of imidazole rings is 1. The van der Waals surface area contributed by atoms with E-state index in [1.807, 2.05) is 67.1 Å². The van der Waals surface area contributed by atoms with E-state index in [1.54, 1.807) is 0 Å². The summed E-state index contributed by atoms with van der Waals surface area (Å²) in [6.45, 7) is 0. The number of aliphatic hydroxyl groups is 1. The number of fused-ring (bicyclic) bond motifs is 1. The van der Waals surface area contributed by atoms with E-state index in [-0.39, 0.29) is 18.1 Å². The predicted octanol–water partition coefficient (Wildman–Crippen LogP) is 5.76. The van der Waals surface area contributed by atoms with Gasteiger partial charge in [0.1, 0.15) is 5.65 Å². The highest BCUT2D eigenvalue weighted by molar-refractivity contribution is 5.95. The predicted molar refractivity (Wildman–Crippen MR) is 145 cm³/mol. The van der Waals surface area contributed by atoms with E-state index in [0.717, 1.165) is 65.0 Å². The van der Waals surface area contributed by atoms with Gasteiger partial charge in [-0.1, -0.05) is 42.5 Å². The molecule has 0 unspecified atom stereocenters. The van der Waals surface area contributed by atoms with E-state index >= 15 is 0 Å². The molecular weight excluding hydrogens is 460 g/mol. The van der Waals surface area contributed by atoms with Crippen molar-refractivity contribution in [2.45, 2.75) is 37.8 Å². The number of aromatic nitrogens is 3. The summed E-state index contributed by atoms with van der Waals surface area (Å²) in [5.74, 6) is -0.0616. The van der Waals surface area contributed by atoms with E-state index in [0.29, 0.717) is 5.56 Å². The zero-order valence-corrected chi connectivity index (χ0v) is 20.4. The molecule has 0 aliphatic heterocycles. The lowest BCUT2D eigenvalue weighted by molar-refractivity contribution is 0.0867. The molecule has 1 aliphatic rings. The third-order valence-electron chi connectivity index (χ3n) is 7.15. The largest absolute Gasteiger partial charge is 0.393 e. The SMILES string of the molecule is O=C(NC1CCC(O)CC1)c1ccc(-c2ccn3c(-c4ccnc(-c5ccccc5)c4)cnc3c2)cc1. The standard InChI is InChI=1S/C31H28N4O2/c36-27-12-10-26(11-13-27)34-31(37)23-8-6-21(7-9-23)24-15-17-35-29(20-33-30(35)19-24)25-14-16-32-28(18-25)22-4-2-1-3-5-22/h1-9,14-20,26-27,36H,10-13H2,(H,34,37). The third kappa shape index (κ3) is 4.88. The van der Waals surface area contributed by atoms with E-state index in [1.165, 1.54) is 0 Å². The maximum Gasteiger partial charge on any atom is 0.251 e. The average molecular weight is 489 g/mol. The smallest absolute Gasteiger partial charge is 0.251 e. The van der Waals surface area contributed by atoms with Crippen LogP contribution in [0.5, 0.6) is 0 Å². The van der Waals surface area contributed by atoms with Gasteiger partial charge in [0.15, 0.2) is 0 Å². The van der Waals surface area contributed by atoms with Gasteiger partial charge < -0.3 is 10.4 Å². The van der Waals surface area contributed by atoms with Crippen LogP contribution in [-0.4, -0.2) is 37.5 Å². The Balaban J connectivity index is 1.21. The lowest BCUT2D eigenvalue weighted by Gasteiger charge is -2.26. The Morgan fingerprint density at radius 1 is 0.811 bits per heavy atom. The van der Waals surface area contributed by atoms with Crippen molar-refractivity contribution in [3.8, 4) is 33.6 Å². The number of carbonyl (C=O) groups excluding carboxylic acids is 1. The lowest BCUT2D eigenvalue weighted by Crippen LogP contribution is -2.38. The summed E-state index contributed by atoms with van der Waals surface area (Å²) in [5, 5.41) is 12.8. The molecule has 3 aromatic heterocycles. The van der Waals surface area contributed by atoms with E-state index in [4.69, 9.17) is 0 Å². The maximum absolute atomic E-state index is 12.7. The fourth-order valence-corrected chi connectivity index (χ4v) is 5.03. The number of nitrogens with zero attached hydrogens (tertiary/aromatic N) is 3. The summed E-state index contributed by atoms with van der Waals surface area (Å²) in [7, 11) is 0. The number of amides is 1. The van der Waals surface area contributed by atoms with Gasteiger partial charge >= 0.3 is 0 Å². The molecule has 0 spiro atoms. The van der Waals surface area contributed by atoms with Crippen molar-refractivity contribution in [2.24, 2.45) is 0 Å². The minimum absolute atomic E-state index is 0.0616. The normalized spacial score (nSPS) is 17.5. The topological polar surface area (TPSA) is 79.5 Å². The quantitative estimate of drug-likeness (QED) is 0.329.